The zero-order valence-electron chi connectivity index (χ0n) is 10.9. The van der Waals surface area contributed by atoms with Crippen LogP contribution in [-0.4, -0.2) is 10.6 Å². The molecule has 1 unspecified atom stereocenters. The maximum atomic E-state index is 6.16. The molecular formula is C15H19ClN2. The zero-order chi connectivity index (χ0) is 13.0. The topological polar surface area (TPSA) is 17.0 Å². The minimum atomic E-state index is 0.408. The Balaban J connectivity index is 1.85. The van der Waals surface area contributed by atoms with Gasteiger partial charge in [0.05, 0.1) is 0 Å². The van der Waals surface area contributed by atoms with Gasteiger partial charge in [-0.1, -0.05) is 29.8 Å². The van der Waals surface area contributed by atoms with Crippen LogP contribution in [0.3, 0.4) is 0 Å². The normalized spacial score (nSPS) is 12.6. The number of nitrogens with zero attached hydrogens (tertiary/aromatic N) is 1. The molecule has 0 bridgehead atoms. The minimum absolute atomic E-state index is 0.408. The summed E-state index contributed by atoms with van der Waals surface area (Å²) in [4.78, 5) is 0. The molecule has 0 aliphatic heterocycles. The third-order valence-electron chi connectivity index (χ3n) is 3.03. The van der Waals surface area contributed by atoms with Gasteiger partial charge >= 0.3 is 0 Å². The second-order valence-electron chi connectivity index (χ2n) is 4.76. The van der Waals surface area contributed by atoms with Crippen LogP contribution in [0.2, 0.25) is 5.02 Å². The number of rotatable bonds is 5. The average molecular weight is 263 g/mol. The number of halogens is 1. The number of hydrogen-bond acceptors (Lipinski definition) is 1. The summed E-state index contributed by atoms with van der Waals surface area (Å²) in [6.07, 6.45) is 5.15. The predicted molar refractivity (Wildman–Crippen MR) is 76.9 cm³/mol. The highest BCUT2D eigenvalue weighted by atomic mass is 35.5. The lowest BCUT2D eigenvalue weighted by Crippen LogP contribution is -2.27. The van der Waals surface area contributed by atoms with Crippen molar-refractivity contribution >= 4 is 11.6 Å². The van der Waals surface area contributed by atoms with Crippen LogP contribution < -0.4 is 5.32 Å². The summed E-state index contributed by atoms with van der Waals surface area (Å²) in [6.45, 7) is 3.08. The second-order valence-corrected chi connectivity index (χ2v) is 5.17. The summed E-state index contributed by atoms with van der Waals surface area (Å²) in [5.74, 6) is 0. The first-order chi connectivity index (χ1) is 8.65. The van der Waals surface area contributed by atoms with E-state index in [2.05, 4.69) is 41.3 Å². The summed E-state index contributed by atoms with van der Waals surface area (Å²) >= 11 is 6.16. The minimum Gasteiger partial charge on any atom is -0.357 e. The Morgan fingerprint density at radius 2 is 2.06 bits per heavy atom. The molecule has 2 rings (SSSR count). The SMILES string of the molecule is CC(Cc1ccccc1Cl)NCc1ccn(C)c1. The van der Waals surface area contributed by atoms with Gasteiger partial charge in [-0.25, -0.2) is 0 Å². The van der Waals surface area contributed by atoms with Gasteiger partial charge in [-0.05, 0) is 36.6 Å². The van der Waals surface area contributed by atoms with E-state index >= 15 is 0 Å². The molecule has 0 aliphatic rings. The van der Waals surface area contributed by atoms with Gasteiger partial charge in [0.2, 0.25) is 0 Å². The van der Waals surface area contributed by atoms with Crippen LogP contribution in [0.15, 0.2) is 42.7 Å². The number of hydrogen-bond donors (Lipinski definition) is 1. The fraction of sp³-hybridized carbons (Fsp3) is 0.333. The van der Waals surface area contributed by atoms with Crippen molar-refractivity contribution in [1.29, 1.82) is 0 Å². The Kier molecular flexibility index (Phi) is 4.45. The summed E-state index contributed by atoms with van der Waals surface area (Å²) < 4.78 is 2.07. The molecule has 1 atom stereocenters. The van der Waals surface area contributed by atoms with Crippen molar-refractivity contribution in [1.82, 2.24) is 9.88 Å². The highest BCUT2D eigenvalue weighted by Crippen LogP contribution is 2.16. The van der Waals surface area contributed by atoms with Crippen molar-refractivity contribution in [3.63, 3.8) is 0 Å². The zero-order valence-corrected chi connectivity index (χ0v) is 11.6. The smallest absolute Gasteiger partial charge is 0.0438 e. The summed E-state index contributed by atoms with van der Waals surface area (Å²) in [5.41, 5.74) is 2.51. The highest BCUT2D eigenvalue weighted by Gasteiger charge is 2.06. The number of aryl methyl sites for hydroxylation is 1. The summed E-state index contributed by atoms with van der Waals surface area (Å²) in [7, 11) is 2.04. The maximum absolute atomic E-state index is 6.16. The maximum Gasteiger partial charge on any atom is 0.0438 e. The molecule has 0 saturated carbocycles. The van der Waals surface area contributed by atoms with Crippen molar-refractivity contribution in [2.75, 3.05) is 0 Å². The van der Waals surface area contributed by atoms with Gasteiger partial charge in [-0.15, -0.1) is 0 Å². The van der Waals surface area contributed by atoms with E-state index in [0.29, 0.717) is 6.04 Å². The number of benzene rings is 1. The third-order valence-corrected chi connectivity index (χ3v) is 3.40. The molecule has 0 fully saturated rings. The van der Waals surface area contributed by atoms with Gasteiger partial charge in [0.15, 0.2) is 0 Å². The van der Waals surface area contributed by atoms with E-state index in [1.54, 1.807) is 0 Å². The second kappa shape index (κ2) is 6.07. The van der Waals surface area contributed by atoms with Gasteiger partial charge in [0, 0.05) is 37.1 Å². The first-order valence-electron chi connectivity index (χ1n) is 6.23. The van der Waals surface area contributed by atoms with Gasteiger partial charge < -0.3 is 9.88 Å². The van der Waals surface area contributed by atoms with E-state index in [0.717, 1.165) is 18.0 Å². The van der Waals surface area contributed by atoms with E-state index in [1.807, 2.05) is 25.2 Å². The van der Waals surface area contributed by atoms with Crippen molar-refractivity contribution in [2.24, 2.45) is 7.05 Å². The van der Waals surface area contributed by atoms with E-state index in [9.17, 15) is 0 Å². The first-order valence-corrected chi connectivity index (χ1v) is 6.60. The molecule has 18 heavy (non-hydrogen) atoms. The number of aromatic nitrogens is 1. The standard InChI is InChI=1S/C15H19ClN2/c1-12(9-14-5-3-4-6-15(14)16)17-10-13-7-8-18(2)11-13/h3-8,11-12,17H,9-10H2,1-2H3. The average Bonchev–Trinajstić information content (AvgIpc) is 2.76. The molecule has 2 nitrogen and oxygen atoms in total. The van der Waals surface area contributed by atoms with Crippen LogP contribution in [0.1, 0.15) is 18.1 Å². The molecule has 96 valence electrons. The van der Waals surface area contributed by atoms with Crippen molar-refractivity contribution in [2.45, 2.75) is 25.9 Å². The van der Waals surface area contributed by atoms with E-state index < -0.39 is 0 Å². The van der Waals surface area contributed by atoms with Crippen molar-refractivity contribution in [3.05, 3.63) is 58.9 Å². The Morgan fingerprint density at radius 3 is 2.72 bits per heavy atom. The molecule has 1 heterocycles. The Labute approximate surface area is 114 Å². The van der Waals surface area contributed by atoms with E-state index in [4.69, 9.17) is 11.6 Å². The molecule has 0 saturated heterocycles. The lowest BCUT2D eigenvalue weighted by atomic mass is 10.1. The molecule has 0 aliphatic carbocycles. The van der Waals surface area contributed by atoms with Crippen molar-refractivity contribution in [3.8, 4) is 0 Å². The Bertz CT molecular complexity index is 505. The first kappa shape index (κ1) is 13.2. The van der Waals surface area contributed by atoms with E-state index in [-0.39, 0.29) is 0 Å². The lowest BCUT2D eigenvalue weighted by Gasteiger charge is -2.14. The molecule has 1 aromatic carbocycles. The molecule has 0 spiro atoms. The molecule has 1 N–H and O–H groups in total. The molecule has 0 amide bonds. The molecular weight excluding hydrogens is 244 g/mol. The van der Waals surface area contributed by atoms with E-state index in [1.165, 1.54) is 11.1 Å². The summed E-state index contributed by atoms with van der Waals surface area (Å²) in [6, 6.07) is 10.6. The predicted octanol–water partition coefficient (Wildman–Crippen LogP) is 3.40. The van der Waals surface area contributed by atoms with Gasteiger partial charge in [0.1, 0.15) is 0 Å². The molecule has 2 aromatic rings. The summed E-state index contributed by atoms with van der Waals surface area (Å²) in [5, 5.41) is 4.37. The number of nitrogens with one attached hydrogen (secondary N) is 1. The van der Waals surface area contributed by atoms with Gasteiger partial charge in [-0.3, -0.25) is 0 Å². The highest BCUT2D eigenvalue weighted by molar-refractivity contribution is 6.31. The quantitative estimate of drug-likeness (QED) is 0.874. The van der Waals surface area contributed by atoms with Crippen LogP contribution >= 0.6 is 11.6 Å². The molecule has 3 heteroatoms. The monoisotopic (exact) mass is 262 g/mol. The van der Waals surface area contributed by atoms with Crippen LogP contribution in [0.4, 0.5) is 0 Å². The van der Waals surface area contributed by atoms with Crippen LogP contribution in [0.25, 0.3) is 0 Å². The molecule has 1 aromatic heterocycles. The fourth-order valence-corrected chi connectivity index (χ4v) is 2.24. The van der Waals surface area contributed by atoms with Crippen LogP contribution in [0, 0.1) is 0 Å². The fourth-order valence-electron chi connectivity index (χ4n) is 2.02. The Morgan fingerprint density at radius 1 is 1.28 bits per heavy atom. The third kappa shape index (κ3) is 3.62. The largest absolute Gasteiger partial charge is 0.357 e. The van der Waals surface area contributed by atoms with Crippen molar-refractivity contribution < 1.29 is 0 Å². The van der Waals surface area contributed by atoms with Crippen LogP contribution in [0.5, 0.6) is 0 Å². The van der Waals surface area contributed by atoms with Gasteiger partial charge in [0.25, 0.3) is 0 Å². The van der Waals surface area contributed by atoms with Gasteiger partial charge in [-0.2, -0.15) is 0 Å². The molecule has 0 radical (unpaired) electrons. The lowest BCUT2D eigenvalue weighted by molar-refractivity contribution is 0.545. The Hall–Kier alpha value is -1.25. The van der Waals surface area contributed by atoms with Crippen LogP contribution in [-0.2, 0) is 20.0 Å².